The van der Waals surface area contributed by atoms with Crippen molar-refractivity contribution >= 4 is 28.6 Å². The highest BCUT2D eigenvalue weighted by Crippen LogP contribution is 2.24. The van der Waals surface area contributed by atoms with Gasteiger partial charge < -0.3 is 20.1 Å². The van der Waals surface area contributed by atoms with Crippen LogP contribution in [0.25, 0.3) is 10.9 Å². The predicted octanol–water partition coefficient (Wildman–Crippen LogP) is 1.54. The van der Waals surface area contributed by atoms with Crippen molar-refractivity contribution < 1.29 is 19.1 Å². The van der Waals surface area contributed by atoms with Gasteiger partial charge in [-0.1, -0.05) is 6.07 Å². The van der Waals surface area contributed by atoms with Crippen molar-refractivity contribution in [2.45, 2.75) is 6.04 Å². The molecule has 1 aromatic heterocycles. The number of urea groups is 1. The fraction of sp³-hybridized carbons (Fsp3) is 0.267. The van der Waals surface area contributed by atoms with E-state index in [9.17, 15) is 9.59 Å². The summed E-state index contributed by atoms with van der Waals surface area (Å²) in [6.45, 7) is 1.02. The first-order valence-corrected chi connectivity index (χ1v) is 6.79. The second kappa shape index (κ2) is 5.98. The molecule has 114 valence electrons. The number of hydrogen-bond donors (Lipinski definition) is 2. The maximum absolute atomic E-state index is 12.0. The molecule has 2 aromatic rings. The van der Waals surface area contributed by atoms with Crippen LogP contribution in [0.4, 0.5) is 10.5 Å². The van der Waals surface area contributed by atoms with Crippen LogP contribution in [0.2, 0.25) is 0 Å². The number of hydrogen-bond acceptors (Lipinski definition) is 5. The van der Waals surface area contributed by atoms with Gasteiger partial charge in [-0.05, 0) is 18.2 Å². The number of anilines is 1. The van der Waals surface area contributed by atoms with Crippen molar-refractivity contribution in [2.24, 2.45) is 0 Å². The lowest BCUT2D eigenvalue weighted by atomic mass is 10.1. The smallest absolute Gasteiger partial charge is 0.337 e. The van der Waals surface area contributed by atoms with Crippen LogP contribution in [0.15, 0.2) is 30.5 Å². The van der Waals surface area contributed by atoms with E-state index in [4.69, 9.17) is 9.47 Å². The minimum atomic E-state index is -0.471. The van der Waals surface area contributed by atoms with Crippen LogP contribution in [0.1, 0.15) is 10.4 Å². The lowest BCUT2D eigenvalue weighted by molar-refractivity contribution is 0.000736. The predicted molar refractivity (Wildman–Crippen MR) is 79.8 cm³/mol. The van der Waals surface area contributed by atoms with Crippen molar-refractivity contribution in [1.29, 1.82) is 0 Å². The average molecular weight is 301 g/mol. The highest BCUT2D eigenvalue weighted by atomic mass is 16.5. The van der Waals surface area contributed by atoms with E-state index >= 15 is 0 Å². The second-order valence-electron chi connectivity index (χ2n) is 4.92. The molecular weight excluding hydrogens is 286 g/mol. The molecule has 1 aliphatic rings. The first-order valence-electron chi connectivity index (χ1n) is 6.79. The average Bonchev–Trinajstić information content (AvgIpc) is 2.50. The number of methoxy groups -OCH3 is 1. The summed E-state index contributed by atoms with van der Waals surface area (Å²) in [4.78, 5) is 28.0. The van der Waals surface area contributed by atoms with Crippen molar-refractivity contribution in [1.82, 2.24) is 10.3 Å². The number of amides is 2. The maximum Gasteiger partial charge on any atom is 0.337 e. The number of benzene rings is 1. The first kappa shape index (κ1) is 14.3. The standard InChI is InChI=1S/C15H15N3O4/c1-21-14(19)10-5-9-3-2-4-16-13(9)12(6-10)18-15(20)17-11-7-22-8-11/h2-6,11H,7-8H2,1H3,(H2,17,18,20). The molecule has 1 fully saturated rings. The molecule has 0 spiro atoms. The Bertz CT molecular complexity index is 728. The molecule has 22 heavy (non-hydrogen) atoms. The number of ether oxygens (including phenoxy) is 2. The Morgan fingerprint density at radius 2 is 2.18 bits per heavy atom. The van der Waals surface area contributed by atoms with Crippen molar-refractivity contribution in [3.8, 4) is 0 Å². The van der Waals surface area contributed by atoms with Crippen LogP contribution < -0.4 is 10.6 Å². The zero-order valence-electron chi connectivity index (χ0n) is 12.0. The fourth-order valence-corrected chi connectivity index (χ4v) is 2.19. The van der Waals surface area contributed by atoms with Gasteiger partial charge in [0.1, 0.15) is 0 Å². The van der Waals surface area contributed by atoms with E-state index in [1.54, 1.807) is 24.4 Å². The van der Waals surface area contributed by atoms with Gasteiger partial charge in [0.05, 0.1) is 43.1 Å². The number of fused-ring (bicyclic) bond motifs is 1. The number of esters is 1. The van der Waals surface area contributed by atoms with E-state index in [1.807, 2.05) is 6.07 Å². The molecule has 2 amide bonds. The van der Waals surface area contributed by atoms with Crippen LogP contribution in [-0.2, 0) is 9.47 Å². The molecule has 0 radical (unpaired) electrons. The van der Waals surface area contributed by atoms with Crippen molar-refractivity contribution in [3.63, 3.8) is 0 Å². The molecule has 1 aromatic carbocycles. The molecule has 2 heterocycles. The quantitative estimate of drug-likeness (QED) is 0.839. The largest absolute Gasteiger partial charge is 0.465 e. The summed E-state index contributed by atoms with van der Waals surface area (Å²) in [6, 6.07) is 6.47. The summed E-state index contributed by atoms with van der Waals surface area (Å²) in [5, 5.41) is 6.24. The van der Waals surface area contributed by atoms with Gasteiger partial charge >= 0.3 is 12.0 Å². The molecule has 0 saturated carbocycles. The first-order chi connectivity index (χ1) is 10.7. The molecule has 0 bridgehead atoms. The van der Waals surface area contributed by atoms with Crippen LogP contribution in [0.3, 0.4) is 0 Å². The Balaban J connectivity index is 1.91. The Morgan fingerprint density at radius 1 is 1.36 bits per heavy atom. The summed E-state index contributed by atoms with van der Waals surface area (Å²) in [5.74, 6) is -0.471. The number of aromatic nitrogens is 1. The molecule has 7 heteroatoms. The number of rotatable bonds is 3. The van der Waals surface area contributed by atoms with Gasteiger partial charge in [0, 0.05) is 11.6 Å². The van der Waals surface area contributed by atoms with E-state index in [-0.39, 0.29) is 12.1 Å². The van der Waals surface area contributed by atoms with Gasteiger partial charge in [0.15, 0.2) is 0 Å². The molecule has 3 rings (SSSR count). The monoisotopic (exact) mass is 301 g/mol. The molecular formula is C15H15N3O4. The summed E-state index contributed by atoms with van der Waals surface area (Å²) < 4.78 is 9.74. The third-order valence-corrected chi connectivity index (χ3v) is 3.35. The van der Waals surface area contributed by atoms with E-state index in [0.29, 0.717) is 30.0 Å². The summed E-state index contributed by atoms with van der Waals surface area (Å²) in [6.07, 6.45) is 1.63. The lowest BCUT2D eigenvalue weighted by Crippen LogP contribution is -2.50. The molecule has 7 nitrogen and oxygen atoms in total. The van der Waals surface area contributed by atoms with Crippen molar-refractivity contribution in [3.05, 3.63) is 36.0 Å². The van der Waals surface area contributed by atoms with E-state index < -0.39 is 5.97 Å². The number of carbonyl (C=O) groups is 2. The van der Waals surface area contributed by atoms with Gasteiger partial charge in [-0.2, -0.15) is 0 Å². The lowest BCUT2D eigenvalue weighted by Gasteiger charge is -2.26. The van der Waals surface area contributed by atoms with Crippen LogP contribution >= 0.6 is 0 Å². The zero-order valence-corrected chi connectivity index (χ0v) is 12.0. The maximum atomic E-state index is 12.0. The topological polar surface area (TPSA) is 89.5 Å². The highest BCUT2D eigenvalue weighted by Gasteiger charge is 2.21. The Hall–Kier alpha value is -2.67. The van der Waals surface area contributed by atoms with Gasteiger partial charge in [-0.25, -0.2) is 9.59 Å². The van der Waals surface area contributed by atoms with Gasteiger partial charge in [-0.15, -0.1) is 0 Å². The molecule has 0 aliphatic carbocycles. The SMILES string of the molecule is COC(=O)c1cc(NC(=O)NC2COC2)c2ncccc2c1. The number of nitrogens with one attached hydrogen (secondary N) is 2. The minimum Gasteiger partial charge on any atom is -0.465 e. The van der Waals surface area contributed by atoms with Crippen LogP contribution in [0, 0.1) is 0 Å². The Morgan fingerprint density at radius 3 is 2.86 bits per heavy atom. The summed E-state index contributed by atoms with van der Waals surface area (Å²) in [5.41, 5.74) is 1.41. The van der Waals surface area contributed by atoms with Gasteiger partial charge in [-0.3, -0.25) is 4.98 Å². The summed E-state index contributed by atoms with van der Waals surface area (Å²) >= 11 is 0. The number of carbonyl (C=O) groups excluding carboxylic acids is 2. The Kier molecular flexibility index (Phi) is 3.88. The van der Waals surface area contributed by atoms with Gasteiger partial charge in [0.2, 0.25) is 0 Å². The van der Waals surface area contributed by atoms with Crippen molar-refractivity contribution in [2.75, 3.05) is 25.6 Å². The second-order valence-corrected chi connectivity index (χ2v) is 4.92. The third-order valence-electron chi connectivity index (χ3n) is 3.35. The fourth-order valence-electron chi connectivity index (χ4n) is 2.19. The number of pyridine rings is 1. The highest BCUT2D eigenvalue weighted by molar-refractivity contribution is 6.04. The van der Waals surface area contributed by atoms with E-state index in [1.165, 1.54) is 7.11 Å². The molecule has 1 aliphatic heterocycles. The van der Waals surface area contributed by atoms with Crippen LogP contribution in [-0.4, -0.2) is 43.3 Å². The van der Waals surface area contributed by atoms with E-state index in [2.05, 4.69) is 15.6 Å². The minimum absolute atomic E-state index is 0.0167. The number of nitrogens with zero attached hydrogens (tertiary/aromatic N) is 1. The summed E-state index contributed by atoms with van der Waals surface area (Å²) in [7, 11) is 1.31. The molecule has 1 saturated heterocycles. The zero-order chi connectivity index (χ0) is 15.5. The molecule has 0 atom stereocenters. The van der Waals surface area contributed by atoms with Gasteiger partial charge in [0.25, 0.3) is 0 Å². The van der Waals surface area contributed by atoms with E-state index in [0.717, 1.165) is 5.39 Å². The third kappa shape index (κ3) is 2.84. The van der Waals surface area contributed by atoms with Crippen LogP contribution in [0.5, 0.6) is 0 Å². The normalized spacial score (nSPS) is 14.2. The molecule has 0 unspecified atom stereocenters. The Labute approximate surface area is 126 Å². The molecule has 2 N–H and O–H groups in total.